The number of rotatable bonds is 5. The monoisotopic (exact) mass is 287 g/mol. The first-order valence-electron chi connectivity index (χ1n) is 7.05. The molecular formula is C16H21N3O2. The molecule has 1 heterocycles. The third-order valence-electron chi connectivity index (χ3n) is 3.35. The molecule has 112 valence electrons. The second-order valence-electron chi connectivity index (χ2n) is 5.53. The van der Waals surface area contributed by atoms with Crippen molar-refractivity contribution >= 4 is 5.91 Å². The van der Waals surface area contributed by atoms with Crippen LogP contribution in [-0.4, -0.2) is 33.4 Å². The van der Waals surface area contributed by atoms with Crippen LogP contribution < -0.4 is 5.32 Å². The standard InChI is InChI=1S/C16H21N3O2/c1-11(2)15(20)9-17-16(21)13-4-6-14(7-5-13)19-10-12(3)8-18-19/h4-8,10-11,15,20H,9H2,1-3H3,(H,17,21). The van der Waals surface area contributed by atoms with Gasteiger partial charge in [-0.05, 0) is 42.7 Å². The van der Waals surface area contributed by atoms with Gasteiger partial charge in [0.05, 0.1) is 18.0 Å². The molecule has 5 nitrogen and oxygen atoms in total. The quantitative estimate of drug-likeness (QED) is 0.883. The van der Waals surface area contributed by atoms with E-state index in [9.17, 15) is 9.90 Å². The lowest BCUT2D eigenvalue weighted by Crippen LogP contribution is -2.34. The Morgan fingerprint density at radius 1 is 1.33 bits per heavy atom. The van der Waals surface area contributed by atoms with Gasteiger partial charge in [0.25, 0.3) is 5.91 Å². The Morgan fingerprint density at radius 2 is 2.00 bits per heavy atom. The predicted octanol–water partition coefficient (Wildman–Crippen LogP) is 1.93. The summed E-state index contributed by atoms with van der Waals surface area (Å²) in [6.45, 7) is 6.07. The van der Waals surface area contributed by atoms with Crippen LogP contribution in [0, 0.1) is 12.8 Å². The molecule has 2 aromatic rings. The molecule has 1 amide bonds. The van der Waals surface area contributed by atoms with E-state index >= 15 is 0 Å². The molecule has 0 aliphatic heterocycles. The van der Waals surface area contributed by atoms with Crippen molar-refractivity contribution in [2.75, 3.05) is 6.54 Å². The minimum atomic E-state index is -0.528. The SMILES string of the molecule is Cc1cnn(-c2ccc(C(=O)NCC(O)C(C)C)cc2)c1. The van der Waals surface area contributed by atoms with Crippen molar-refractivity contribution in [1.82, 2.24) is 15.1 Å². The Labute approximate surface area is 124 Å². The van der Waals surface area contributed by atoms with E-state index in [4.69, 9.17) is 0 Å². The number of hydrogen-bond acceptors (Lipinski definition) is 3. The van der Waals surface area contributed by atoms with E-state index < -0.39 is 6.10 Å². The lowest BCUT2D eigenvalue weighted by atomic mass is 10.1. The zero-order valence-corrected chi connectivity index (χ0v) is 12.6. The predicted molar refractivity (Wildman–Crippen MR) is 81.5 cm³/mol. The van der Waals surface area contributed by atoms with E-state index in [2.05, 4.69) is 10.4 Å². The molecule has 1 aromatic carbocycles. The summed E-state index contributed by atoms with van der Waals surface area (Å²) in [6, 6.07) is 7.20. The van der Waals surface area contributed by atoms with E-state index in [1.54, 1.807) is 23.0 Å². The highest BCUT2D eigenvalue weighted by Crippen LogP contribution is 2.10. The smallest absolute Gasteiger partial charge is 0.251 e. The average Bonchev–Trinajstić information content (AvgIpc) is 2.91. The Balaban J connectivity index is 2.00. The maximum atomic E-state index is 12.0. The summed E-state index contributed by atoms with van der Waals surface area (Å²) in [6.07, 6.45) is 3.18. The van der Waals surface area contributed by atoms with Gasteiger partial charge in [-0.1, -0.05) is 13.8 Å². The number of aliphatic hydroxyl groups excluding tert-OH is 1. The van der Waals surface area contributed by atoms with Gasteiger partial charge in [-0.15, -0.1) is 0 Å². The van der Waals surface area contributed by atoms with Crippen LogP contribution in [0.3, 0.4) is 0 Å². The number of aliphatic hydroxyl groups is 1. The minimum Gasteiger partial charge on any atom is -0.391 e. The Hall–Kier alpha value is -2.14. The van der Waals surface area contributed by atoms with Gasteiger partial charge in [0.1, 0.15) is 0 Å². The number of aromatic nitrogens is 2. The van der Waals surface area contributed by atoms with E-state index in [-0.39, 0.29) is 18.4 Å². The lowest BCUT2D eigenvalue weighted by Gasteiger charge is -2.15. The Kier molecular flexibility index (Phi) is 4.75. The normalized spacial score (nSPS) is 12.4. The van der Waals surface area contributed by atoms with E-state index in [0.717, 1.165) is 11.3 Å². The van der Waals surface area contributed by atoms with E-state index in [1.165, 1.54) is 0 Å². The van der Waals surface area contributed by atoms with Crippen LogP contribution in [0.15, 0.2) is 36.7 Å². The summed E-state index contributed by atoms with van der Waals surface area (Å²) in [4.78, 5) is 12.0. The number of aryl methyl sites for hydroxylation is 1. The van der Waals surface area contributed by atoms with Gasteiger partial charge in [0.2, 0.25) is 0 Å². The lowest BCUT2D eigenvalue weighted by molar-refractivity contribution is 0.0871. The molecule has 0 bridgehead atoms. The fourth-order valence-corrected chi connectivity index (χ4v) is 1.85. The molecule has 0 saturated heterocycles. The third kappa shape index (κ3) is 3.92. The number of carbonyl (C=O) groups excluding carboxylic acids is 1. The molecule has 21 heavy (non-hydrogen) atoms. The van der Waals surface area contributed by atoms with Gasteiger partial charge in [-0.2, -0.15) is 5.10 Å². The van der Waals surface area contributed by atoms with Crippen molar-refractivity contribution in [1.29, 1.82) is 0 Å². The molecule has 0 aliphatic carbocycles. The molecule has 2 rings (SSSR count). The van der Waals surface area contributed by atoms with Crippen LogP contribution in [0.1, 0.15) is 29.8 Å². The second-order valence-corrected chi connectivity index (χ2v) is 5.53. The highest BCUT2D eigenvalue weighted by molar-refractivity contribution is 5.94. The molecule has 2 N–H and O–H groups in total. The van der Waals surface area contributed by atoms with Crippen molar-refractivity contribution in [3.8, 4) is 5.69 Å². The van der Waals surface area contributed by atoms with Crippen molar-refractivity contribution in [2.45, 2.75) is 26.9 Å². The zero-order chi connectivity index (χ0) is 15.4. The average molecular weight is 287 g/mol. The molecule has 5 heteroatoms. The molecule has 0 fully saturated rings. The number of nitrogens with one attached hydrogen (secondary N) is 1. The number of benzene rings is 1. The Bertz CT molecular complexity index is 602. The molecule has 0 aliphatic rings. The highest BCUT2D eigenvalue weighted by atomic mass is 16.3. The van der Waals surface area contributed by atoms with Crippen LogP contribution in [-0.2, 0) is 0 Å². The molecule has 1 atom stereocenters. The summed E-state index contributed by atoms with van der Waals surface area (Å²) in [7, 11) is 0. The van der Waals surface area contributed by atoms with Crippen molar-refractivity contribution in [2.24, 2.45) is 5.92 Å². The van der Waals surface area contributed by atoms with Crippen LogP contribution in [0.2, 0.25) is 0 Å². The fraction of sp³-hybridized carbons (Fsp3) is 0.375. The summed E-state index contributed by atoms with van der Waals surface area (Å²) in [5, 5.41) is 16.6. The van der Waals surface area contributed by atoms with Crippen LogP contribution >= 0.6 is 0 Å². The van der Waals surface area contributed by atoms with E-state index in [0.29, 0.717) is 5.56 Å². The first-order chi connectivity index (χ1) is 9.97. The van der Waals surface area contributed by atoms with Crippen molar-refractivity contribution < 1.29 is 9.90 Å². The van der Waals surface area contributed by atoms with Gasteiger partial charge in [-0.25, -0.2) is 4.68 Å². The van der Waals surface area contributed by atoms with Crippen LogP contribution in [0.4, 0.5) is 0 Å². The summed E-state index contributed by atoms with van der Waals surface area (Å²) in [5.74, 6) is -0.0615. The number of carbonyl (C=O) groups is 1. The first kappa shape index (κ1) is 15.3. The van der Waals surface area contributed by atoms with Crippen molar-refractivity contribution in [3.63, 3.8) is 0 Å². The van der Waals surface area contributed by atoms with Gasteiger partial charge >= 0.3 is 0 Å². The largest absolute Gasteiger partial charge is 0.391 e. The second kappa shape index (κ2) is 6.54. The number of amides is 1. The van der Waals surface area contributed by atoms with Crippen LogP contribution in [0.25, 0.3) is 5.69 Å². The van der Waals surface area contributed by atoms with Gasteiger partial charge in [0, 0.05) is 18.3 Å². The van der Waals surface area contributed by atoms with Crippen molar-refractivity contribution in [3.05, 3.63) is 47.8 Å². The topological polar surface area (TPSA) is 67.2 Å². The fourth-order valence-electron chi connectivity index (χ4n) is 1.85. The molecular weight excluding hydrogens is 266 g/mol. The van der Waals surface area contributed by atoms with Gasteiger partial charge < -0.3 is 10.4 Å². The maximum absolute atomic E-state index is 12.0. The molecule has 0 spiro atoms. The van der Waals surface area contributed by atoms with Gasteiger partial charge in [0.15, 0.2) is 0 Å². The Morgan fingerprint density at radius 3 is 2.52 bits per heavy atom. The molecule has 1 aromatic heterocycles. The van der Waals surface area contributed by atoms with Gasteiger partial charge in [-0.3, -0.25) is 4.79 Å². The summed E-state index contributed by atoms with van der Waals surface area (Å²) < 4.78 is 1.76. The van der Waals surface area contributed by atoms with E-state index in [1.807, 2.05) is 39.1 Å². The number of nitrogens with zero attached hydrogens (tertiary/aromatic N) is 2. The molecule has 0 saturated carbocycles. The summed E-state index contributed by atoms with van der Waals surface area (Å²) in [5.41, 5.74) is 2.56. The minimum absolute atomic E-state index is 0.121. The highest BCUT2D eigenvalue weighted by Gasteiger charge is 2.12. The molecule has 0 radical (unpaired) electrons. The molecule has 1 unspecified atom stereocenters. The number of hydrogen-bond donors (Lipinski definition) is 2. The van der Waals surface area contributed by atoms with Crippen LogP contribution in [0.5, 0.6) is 0 Å². The maximum Gasteiger partial charge on any atom is 0.251 e. The third-order valence-corrected chi connectivity index (χ3v) is 3.35. The first-order valence-corrected chi connectivity index (χ1v) is 7.05. The zero-order valence-electron chi connectivity index (χ0n) is 12.6. The summed E-state index contributed by atoms with van der Waals surface area (Å²) >= 11 is 0.